The molecule has 0 saturated carbocycles. The van der Waals surface area contributed by atoms with Crippen LogP contribution in [0.3, 0.4) is 0 Å². The van der Waals surface area contributed by atoms with Crippen LogP contribution in [0.2, 0.25) is 10.0 Å². The summed E-state index contributed by atoms with van der Waals surface area (Å²) in [5.74, 6) is -2.28. The highest BCUT2D eigenvalue weighted by molar-refractivity contribution is 9.10. The second-order valence-corrected chi connectivity index (χ2v) is 10.2. The van der Waals surface area contributed by atoms with Gasteiger partial charge in [-0.1, -0.05) is 39.1 Å². The second-order valence-electron chi connectivity index (χ2n) is 8.43. The van der Waals surface area contributed by atoms with Crippen molar-refractivity contribution < 1.29 is 28.3 Å². The summed E-state index contributed by atoms with van der Waals surface area (Å²) in [6, 6.07) is 14.7. The molecule has 2 heterocycles. The van der Waals surface area contributed by atoms with Crippen molar-refractivity contribution >= 4 is 80.3 Å². The Kier molecular flexibility index (Phi) is 9.14. The van der Waals surface area contributed by atoms with Crippen molar-refractivity contribution in [3.8, 4) is 0 Å². The Bertz CT molecular complexity index is 1560. The van der Waals surface area contributed by atoms with Gasteiger partial charge in [0.25, 0.3) is 5.91 Å². The van der Waals surface area contributed by atoms with Gasteiger partial charge in [-0.2, -0.15) is 0 Å². The third-order valence-corrected chi connectivity index (χ3v) is 7.01. The molecule has 0 unspecified atom stereocenters. The van der Waals surface area contributed by atoms with Crippen LogP contribution in [-0.4, -0.2) is 30.3 Å². The molecular formula is C28H22BrCl2N3O6. The Morgan fingerprint density at radius 2 is 1.75 bits per heavy atom. The Morgan fingerprint density at radius 1 is 1.02 bits per heavy atom. The van der Waals surface area contributed by atoms with Crippen molar-refractivity contribution in [2.24, 2.45) is 0 Å². The third kappa shape index (κ3) is 6.47. The lowest BCUT2D eigenvalue weighted by atomic mass is 10.1. The maximum Gasteiger partial charge on any atom is 0.340 e. The van der Waals surface area contributed by atoms with E-state index in [1.54, 1.807) is 50.2 Å². The first-order valence-electron chi connectivity index (χ1n) is 11.9. The van der Waals surface area contributed by atoms with Crippen molar-refractivity contribution in [2.45, 2.75) is 20.4 Å². The van der Waals surface area contributed by atoms with E-state index >= 15 is 0 Å². The molecule has 9 nitrogen and oxygen atoms in total. The molecule has 4 rings (SSSR count). The first-order chi connectivity index (χ1) is 19.1. The Hall–Kier alpha value is -3.86. The van der Waals surface area contributed by atoms with Gasteiger partial charge >= 0.3 is 17.8 Å². The molecule has 40 heavy (non-hydrogen) atoms. The number of esters is 1. The number of ether oxygens (including phenoxy) is 1. The van der Waals surface area contributed by atoms with Crippen LogP contribution in [0.15, 0.2) is 80.3 Å². The Labute approximate surface area is 247 Å². The SMILES string of the molecule is CCOC(=O)C1=C(C)N(c2ccc(Br)cc2)C(=O)/C1=C/c1ccc(CNC(=O)C(=O)Nc2ccc(Cl)c(Cl)c2)o1. The van der Waals surface area contributed by atoms with Crippen molar-refractivity contribution in [3.05, 3.63) is 97.5 Å². The number of nitrogens with one attached hydrogen (secondary N) is 2. The average Bonchev–Trinajstić information content (AvgIpc) is 3.47. The lowest BCUT2D eigenvalue weighted by Crippen LogP contribution is -2.34. The van der Waals surface area contributed by atoms with Crippen LogP contribution in [-0.2, 0) is 30.5 Å². The van der Waals surface area contributed by atoms with Gasteiger partial charge < -0.3 is 19.8 Å². The molecule has 0 atom stereocenters. The van der Waals surface area contributed by atoms with Gasteiger partial charge in [0.05, 0.1) is 34.3 Å². The first kappa shape index (κ1) is 29.1. The molecule has 0 bridgehead atoms. The number of amides is 3. The Balaban J connectivity index is 1.49. The highest BCUT2D eigenvalue weighted by Crippen LogP contribution is 2.36. The number of furan rings is 1. The summed E-state index contributed by atoms with van der Waals surface area (Å²) in [6.07, 6.45) is 1.44. The monoisotopic (exact) mass is 645 g/mol. The lowest BCUT2D eigenvalue weighted by Gasteiger charge is -2.17. The van der Waals surface area contributed by atoms with Gasteiger partial charge in [-0.05, 0) is 74.5 Å². The fourth-order valence-corrected chi connectivity index (χ4v) is 4.46. The summed E-state index contributed by atoms with van der Waals surface area (Å²) in [4.78, 5) is 52.2. The summed E-state index contributed by atoms with van der Waals surface area (Å²) in [6.45, 7) is 3.38. The van der Waals surface area contributed by atoms with Crippen LogP contribution in [0.5, 0.6) is 0 Å². The molecular weight excluding hydrogens is 625 g/mol. The van der Waals surface area contributed by atoms with E-state index in [0.717, 1.165) is 4.47 Å². The molecule has 0 saturated heterocycles. The summed E-state index contributed by atoms with van der Waals surface area (Å²) >= 11 is 15.2. The molecule has 1 aromatic heterocycles. The van der Waals surface area contributed by atoms with Gasteiger partial charge in [-0.15, -0.1) is 0 Å². The number of anilines is 2. The van der Waals surface area contributed by atoms with Gasteiger partial charge in [0.15, 0.2) is 0 Å². The molecule has 2 aromatic carbocycles. The zero-order valence-electron chi connectivity index (χ0n) is 21.2. The van der Waals surface area contributed by atoms with E-state index in [1.807, 2.05) is 0 Å². The molecule has 0 spiro atoms. The average molecular weight is 647 g/mol. The second kappa shape index (κ2) is 12.5. The first-order valence-corrected chi connectivity index (χ1v) is 13.5. The number of carbonyl (C=O) groups is 4. The Morgan fingerprint density at radius 3 is 2.42 bits per heavy atom. The molecule has 12 heteroatoms. The van der Waals surface area contributed by atoms with Crippen molar-refractivity contribution in [1.82, 2.24) is 5.32 Å². The van der Waals surface area contributed by atoms with E-state index in [4.69, 9.17) is 32.4 Å². The maximum absolute atomic E-state index is 13.4. The number of carbonyl (C=O) groups excluding carboxylic acids is 4. The van der Waals surface area contributed by atoms with Crippen LogP contribution < -0.4 is 15.5 Å². The number of hydrogen-bond acceptors (Lipinski definition) is 6. The number of hydrogen-bond donors (Lipinski definition) is 2. The summed E-state index contributed by atoms with van der Waals surface area (Å²) in [5.41, 5.74) is 1.53. The number of rotatable bonds is 7. The van der Waals surface area contributed by atoms with E-state index in [9.17, 15) is 19.2 Å². The number of benzene rings is 2. The fourth-order valence-electron chi connectivity index (χ4n) is 3.90. The van der Waals surface area contributed by atoms with E-state index in [1.165, 1.54) is 29.2 Å². The van der Waals surface area contributed by atoms with Crippen LogP contribution >= 0.6 is 39.1 Å². The molecule has 3 amide bonds. The van der Waals surface area contributed by atoms with E-state index in [0.29, 0.717) is 27.9 Å². The van der Waals surface area contributed by atoms with E-state index in [2.05, 4.69) is 26.6 Å². The maximum atomic E-state index is 13.4. The van der Waals surface area contributed by atoms with Gasteiger partial charge in [0.1, 0.15) is 11.5 Å². The molecule has 1 aliphatic heterocycles. The zero-order valence-corrected chi connectivity index (χ0v) is 24.3. The zero-order chi connectivity index (χ0) is 29.0. The van der Waals surface area contributed by atoms with E-state index < -0.39 is 23.7 Å². The number of allylic oxidation sites excluding steroid dienone is 1. The highest BCUT2D eigenvalue weighted by Gasteiger charge is 2.38. The van der Waals surface area contributed by atoms with Crippen molar-refractivity contribution in [2.75, 3.05) is 16.8 Å². The molecule has 0 fully saturated rings. The van der Waals surface area contributed by atoms with Gasteiger partial charge in [-0.3, -0.25) is 19.3 Å². The molecule has 0 aliphatic carbocycles. The summed E-state index contributed by atoms with van der Waals surface area (Å²) in [7, 11) is 0. The van der Waals surface area contributed by atoms with Crippen LogP contribution in [0.1, 0.15) is 25.4 Å². The van der Waals surface area contributed by atoms with Gasteiger partial charge in [0, 0.05) is 21.5 Å². The molecule has 206 valence electrons. The van der Waals surface area contributed by atoms with E-state index in [-0.39, 0.29) is 35.1 Å². The number of nitrogens with zero attached hydrogens (tertiary/aromatic N) is 1. The van der Waals surface area contributed by atoms with Crippen molar-refractivity contribution in [1.29, 1.82) is 0 Å². The fraction of sp³-hybridized carbons (Fsp3) is 0.143. The number of halogens is 3. The lowest BCUT2D eigenvalue weighted by molar-refractivity contribution is -0.138. The molecule has 3 aromatic rings. The largest absolute Gasteiger partial charge is 0.462 e. The molecule has 0 radical (unpaired) electrons. The quantitative estimate of drug-likeness (QED) is 0.188. The standard InChI is InChI=1S/C28H22BrCl2N3O6/c1-3-39-28(38)24-15(2)34(18-7-4-16(29)5-8-18)27(37)21(24)13-19-9-10-20(40-19)14-32-25(35)26(36)33-17-6-11-22(30)23(31)12-17/h4-13H,3,14H2,1-2H3,(H,32,35)(H,33,36)/b21-13+. The summed E-state index contributed by atoms with van der Waals surface area (Å²) in [5, 5.41) is 5.43. The normalized spacial score (nSPS) is 14.1. The predicted molar refractivity (Wildman–Crippen MR) is 155 cm³/mol. The third-order valence-electron chi connectivity index (χ3n) is 5.74. The van der Waals surface area contributed by atoms with Crippen LogP contribution in [0.25, 0.3) is 6.08 Å². The topological polar surface area (TPSA) is 118 Å². The van der Waals surface area contributed by atoms with Crippen molar-refractivity contribution in [3.63, 3.8) is 0 Å². The van der Waals surface area contributed by atoms with Crippen LogP contribution in [0.4, 0.5) is 11.4 Å². The predicted octanol–water partition coefficient (Wildman–Crippen LogP) is 5.87. The highest BCUT2D eigenvalue weighted by atomic mass is 79.9. The van der Waals surface area contributed by atoms with Crippen LogP contribution in [0, 0.1) is 0 Å². The van der Waals surface area contributed by atoms with Gasteiger partial charge in [0.2, 0.25) is 0 Å². The minimum atomic E-state index is -0.906. The minimum Gasteiger partial charge on any atom is -0.462 e. The minimum absolute atomic E-state index is 0.102. The molecule has 1 aliphatic rings. The molecule has 2 N–H and O–H groups in total. The summed E-state index contributed by atoms with van der Waals surface area (Å²) < 4.78 is 11.8. The smallest absolute Gasteiger partial charge is 0.340 e. The van der Waals surface area contributed by atoms with Gasteiger partial charge in [-0.25, -0.2) is 4.79 Å².